The molecule has 0 amide bonds. The van der Waals surface area contributed by atoms with E-state index in [-0.39, 0.29) is 6.04 Å². The van der Waals surface area contributed by atoms with E-state index in [0.29, 0.717) is 13.0 Å². The van der Waals surface area contributed by atoms with Crippen molar-refractivity contribution in [2.24, 2.45) is 0 Å². The topological polar surface area (TPSA) is 60.8 Å². The lowest BCUT2D eigenvalue weighted by Crippen LogP contribution is -2.38. The molecule has 0 saturated carbocycles. The van der Waals surface area contributed by atoms with Gasteiger partial charge in [-0.1, -0.05) is 0 Å². The van der Waals surface area contributed by atoms with Crippen LogP contribution in [0, 0.1) is 0 Å². The van der Waals surface area contributed by atoms with Gasteiger partial charge < -0.3 is 10.2 Å². The fourth-order valence-electron chi connectivity index (χ4n) is 1.79. The number of hydrogen-bond donors (Lipinski definition) is 2. The smallest absolute Gasteiger partial charge is 0.320 e. The van der Waals surface area contributed by atoms with Crippen LogP contribution in [0.25, 0.3) is 0 Å². The highest BCUT2D eigenvalue weighted by molar-refractivity contribution is 5.73. The second-order valence-electron chi connectivity index (χ2n) is 4.59. The summed E-state index contributed by atoms with van der Waals surface area (Å²) in [6.07, 6.45) is 2.31. The zero-order valence-electron chi connectivity index (χ0n) is 8.86. The molecule has 1 saturated heterocycles. The summed E-state index contributed by atoms with van der Waals surface area (Å²) in [6, 6.07) is -0.336. The Balaban J connectivity index is 2.40. The molecule has 1 fully saturated rings. The summed E-state index contributed by atoms with van der Waals surface area (Å²) in [5.74, 6) is -0.738. The number of aliphatic hydroxyl groups is 1. The summed E-state index contributed by atoms with van der Waals surface area (Å²) in [4.78, 5) is 12.8. The van der Waals surface area contributed by atoms with Crippen LogP contribution in [0.15, 0.2) is 0 Å². The van der Waals surface area contributed by atoms with Gasteiger partial charge in [-0.3, -0.25) is 9.69 Å². The molecule has 82 valence electrons. The molecule has 2 N–H and O–H groups in total. The van der Waals surface area contributed by atoms with E-state index in [4.69, 9.17) is 5.11 Å². The van der Waals surface area contributed by atoms with Crippen LogP contribution in [0.1, 0.15) is 33.1 Å². The normalized spacial score (nSPS) is 24.1. The number of hydrogen-bond acceptors (Lipinski definition) is 3. The van der Waals surface area contributed by atoms with Crippen LogP contribution in [0.2, 0.25) is 0 Å². The lowest BCUT2D eigenvalue weighted by molar-refractivity contribution is -0.142. The Morgan fingerprint density at radius 1 is 1.57 bits per heavy atom. The molecule has 0 aromatic heterocycles. The van der Waals surface area contributed by atoms with Gasteiger partial charge in [-0.2, -0.15) is 0 Å². The third-order valence-electron chi connectivity index (χ3n) is 2.66. The summed E-state index contributed by atoms with van der Waals surface area (Å²) in [5, 5.41) is 18.4. The summed E-state index contributed by atoms with van der Waals surface area (Å²) in [5.41, 5.74) is -0.703. The third kappa shape index (κ3) is 3.27. The number of carbonyl (C=O) groups is 1. The molecule has 0 spiro atoms. The third-order valence-corrected chi connectivity index (χ3v) is 2.66. The van der Waals surface area contributed by atoms with Gasteiger partial charge in [0.2, 0.25) is 0 Å². The van der Waals surface area contributed by atoms with Crippen molar-refractivity contribution < 1.29 is 15.0 Å². The van der Waals surface area contributed by atoms with Crippen molar-refractivity contribution in [1.29, 1.82) is 0 Å². The number of nitrogens with zero attached hydrogens (tertiary/aromatic N) is 1. The first-order valence-electron chi connectivity index (χ1n) is 5.09. The maximum absolute atomic E-state index is 10.8. The largest absolute Gasteiger partial charge is 0.480 e. The minimum atomic E-state index is -0.738. The molecule has 0 radical (unpaired) electrons. The number of carboxylic acid groups (broad SMARTS) is 1. The van der Waals surface area contributed by atoms with E-state index in [0.717, 1.165) is 19.4 Å². The minimum absolute atomic E-state index is 0.336. The highest BCUT2D eigenvalue weighted by atomic mass is 16.4. The quantitative estimate of drug-likeness (QED) is 0.702. The first kappa shape index (κ1) is 11.5. The highest BCUT2D eigenvalue weighted by Gasteiger charge is 2.30. The van der Waals surface area contributed by atoms with Crippen LogP contribution < -0.4 is 0 Å². The van der Waals surface area contributed by atoms with Crippen LogP contribution in [-0.2, 0) is 4.79 Å². The van der Waals surface area contributed by atoms with Gasteiger partial charge in [-0.15, -0.1) is 0 Å². The van der Waals surface area contributed by atoms with Gasteiger partial charge in [0.1, 0.15) is 6.04 Å². The summed E-state index contributed by atoms with van der Waals surface area (Å²) in [7, 11) is 0. The van der Waals surface area contributed by atoms with Gasteiger partial charge in [-0.05, 0) is 39.7 Å². The Labute approximate surface area is 84.5 Å². The van der Waals surface area contributed by atoms with Crippen LogP contribution in [0.3, 0.4) is 0 Å². The van der Waals surface area contributed by atoms with Crippen molar-refractivity contribution in [2.75, 3.05) is 13.1 Å². The predicted molar refractivity (Wildman–Crippen MR) is 53.1 cm³/mol. The molecule has 1 aliphatic rings. The van der Waals surface area contributed by atoms with Crippen LogP contribution in [-0.4, -0.2) is 45.8 Å². The van der Waals surface area contributed by atoms with Gasteiger partial charge in [0.05, 0.1) is 5.60 Å². The average molecular weight is 201 g/mol. The van der Waals surface area contributed by atoms with E-state index in [9.17, 15) is 9.90 Å². The van der Waals surface area contributed by atoms with Gasteiger partial charge >= 0.3 is 5.97 Å². The number of likely N-dealkylation sites (tertiary alicyclic amines) is 1. The maximum Gasteiger partial charge on any atom is 0.320 e. The van der Waals surface area contributed by atoms with Gasteiger partial charge in [0.25, 0.3) is 0 Å². The Kier molecular flexibility index (Phi) is 3.50. The van der Waals surface area contributed by atoms with Crippen LogP contribution in [0.4, 0.5) is 0 Å². The van der Waals surface area contributed by atoms with Crippen molar-refractivity contribution in [2.45, 2.75) is 44.8 Å². The molecule has 0 aromatic rings. The molecular formula is C10H19NO3. The molecule has 1 heterocycles. The van der Waals surface area contributed by atoms with Crippen molar-refractivity contribution in [3.8, 4) is 0 Å². The van der Waals surface area contributed by atoms with Crippen molar-refractivity contribution in [1.82, 2.24) is 4.90 Å². The van der Waals surface area contributed by atoms with E-state index in [1.165, 1.54) is 0 Å². The van der Waals surface area contributed by atoms with Crippen LogP contribution >= 0.6 is 0 Å². The van der Waals surface area contributed by atoms with E-state index >= 15 is 0 Å². The second kappa shape index (κ2) is 4.28. The number of rotatable bonds is 4. The Hall–Kier alpha value is -0.610. The van der Waals surface area contributed by atoms with Gasteiger partial charge in [-0.25, -0.2) is 0 Å². The first-order valence-corrected chi connectivity index (χ1v) is 5.09. The fourth-order valence-corrected chi connectivity index (χ4v) is 1.79. The highest BCUT2D eigenvalue weighted by Crippen LogP contribution is 2.19. The van der Waals surface area contributed by atoms with E-state index in [1.54, 1.807) is 13.8 Å². The first-order chi connectivity index (χ1) is 6.40. The van der Waals surface area contributed by atoms with Crippen molar-refractivity contribution >= 4 is 5.97 Å². The standard InChI is InChI=1S/C10H19NO3/c1-10(2,14)5-7-11-6-3-4-8(11)9(12)13/h8,14H,3-7H2,1-2H3,(H,12,13). The Morgan fingerprint density at radius 2 is 2.21 bits per heavy atom. The zero-order valence-corrected chi connectivity index (χ0v) is 8.86. The monoisotopic (exact) mass is 201 g/mol. The molecule has 0 aromatic carbocycles. The van der Waals surface area contributed by atoms with Gasteiger partial charge in [0.15, 0.2) is 0 Å². The summed E-state index contributed by atoms with van der Waals surface area (Å²) < 4.78 is 0. The molecule has 1 aliphatic heterocycles. The molecule has 14 heavy (non-hydrogen) atoms. The lowest BCUT2D eigenvalue weighted by atomic mass is 10.1. The van der Waals surface area contributed by atoms with Crippen molar-refractivity contribution in [3.05, 3.63) is 0 Å². The molecule has 1 rings (SSSR count). The number of aliphatic carboxylic acids is 1. The Morgan fingerprint density at radius 3 is 2.71 bits per heavy atom. The summed E-state index contributed by atoms with van der Waals surface area (Å²) >= 11 is 0. The van der Waals surface area contributed by atoms with Gasteiger partial charge in [0, 0.05) is 6.54 Å². The number of carboxylic acids is 1. The maximum atomic E-state index is 10.8. The minimum Gasteiger partial charge on any atom is -0.480 e. The Bertz CT molecular complexity index is 210. The fraction of sp³-hybridized carbons (Fsp3) is 0.900. The van der Waals surface area contributed by atoms with E-state index in [2.05, 4.69) is 0 Å². The molecule has 0 aliphatic carbocycles. The SMILES string of the molecule is CC(C)(O)CCN1CCCC1C(=O)O. The summed E-state index contributed by atoms with van der Waals surface area (Å²) in [6.45, 7) is 5.01. The lowest BCUT2D eigenvalue weighted by Gasteiger charge is -2.25. The second-order valence-corrected chi connectivity index (χ2v) is 4.59. The van der Waals surface area contributed by atoms with Crippen LogP contribution in [0.5, 0.6) is 0 Å². The predicted octanol–water partition coefficient (Wildman–Crippen LogP) is 0.696. The van der Waals surface area contributed by atoms with E-state index < -0.39 is 11.6 Å². The molecule has 1 atom stereocenters. The zero-order chi connectivity index (χ0) is 10.8. The van der Waals surface area contributed by atoms with Crippen molar-refractivity contribution in [3.63, 3.8) is 0 Å². The van der Waals surface area contributed by atoms with E-state index in [1.807, 2.05) is 4.90 Å². The molecule has 0 bridgehead atoms. The molecule has 4 nitrogen and oxygen atoms in total. The average Bonchev–Trinajstić information content (AvgIpc) is 2.46. The molecular weight excluding hydrogens is 182 g/mol. The molecule has 4 heteroatoms. The molecule has 1 unspecified atom stereocenters.